The summed E-state index contributed by atoms with van der Waals surface area (Å²) in [6, 6.07) is 14.0. The van der Waals surface area contributed by atoms with Gasteiger partial charge in [0.25, 0.3) is 17.7 Å². The number of nitrogens with zero attached hydrogens (tertiary/aromatic N) is 1. The topological polar surface area (TPSA) is 92.5 Å². The van der Waals surface area contributed by atoms with Crippen molar-refractivity contribution in [2.75, 3.05) is 6.54 Å². The Hall–Kier alpha value is -2.70. The Balaban J connectivity index is 0.00000300. The van der Waals surface area contributed by atoms with Crippen LogP contribution in [0.1, 0.15) is 63.3 Å². The van der Waals surface area contributed by atoms with Gasteiger partial charge >= 0.3 is 0 Å². The maximum absolute atomic E-state index is 12.8. The van der Waals surface area contributed by atoms with Crippen molar-refractivity contribution in [3.05, 3.63) is 70.8 Å². The van der Waals surface area contributed by atoms with Gasteiger partial charge in [-0.15, -0.1) is 12.4 Å². The minimum Gasteiger partial charge on any atom is -0.345 e. The van der Waals surface area contributed by atoms with Gasteiger partial charge in [0.15, 0.2) is 0 Å². The van der Waals surface area contributed by atoms with Crippen molar-refractivity contribution in [1.29, 1.82) is 0 Å². The number of carbonyl (C=O) groups is 3. The van der Waals surface area contributed by atoms with Crippen LogP contribution in [-0.4, -0.2) is 34.7 Å². The number of rotatable bonds is 7. The van der Waals surface area contributed by atoms with Crippen LogP contribution in [0.2, 0.25) is 0 Å². The second kappa shape index (κ2) is 9.20. The van der Waals surface area contributed by atoms with Gasteiger partial charge in [-0.3, -0.25) is 19.3 Å². The molecule has 29 heavy (non-hydrogen) atoms. The van der Waals surface area contributed by atoms with Gasteiger partial charge in [-0.1, -0.05) is 44.2 Å². The molecule has 0 bridgehead atoms. The van der Waals surface area contributed by atoms with Crippen molar-refractivity contribution in [3.8, 4) is 0 Å². The molecule has 0 saturated heterocycles. The van der Waals surface area contributed by atoms with Crippen molar-refractivity contribution in [2.45, 2.75) is 38.8 Å². The van der Waals surface area contributed by atoms with Gasteiger partial charge in [0.1, 0.15) is 0 Å². The first-order chi connectivity index (χ1) is 13.4. The molecule has 1 aliphatic heterocycles. The second-order valence-electron chi connectivity index (χ2n) is 7.09. The summed E-state index contributed by atoms with van der Waals surface area (Å²) < 4.78 is 0. The molecule has 3 rings (SSSR count). The number of amides is 3. The third-order valence-corrected chi connectivity index (χ3v) is 5.54. The molecule has 0 atom stereocenters. The van der Waals surface area contributed by atoms with E-state index in [1.54, 1.807) is 12.1 Å². The average Bonchev–Trinajstić information content (AvgIpc) is 2.97. The number of hydrogen-bond acceptors (Lipinski definition) is 4. The maximum Gasteiger partial charge on any atom is 0.261 e. The Bertz CT molecular complexity index is 903. The van der Waals surface area contributed by atoms with Crippen molar-refractivity contribution in [2.24, 2.45) is 5.73 Å². The zero-order valence-electron chi connectivity index (χ0n) is 16.6. The van der Waals surface area contributed by atoms with Gasteiger partial charge in [-0.2, -0.15) is 0 Å². The molecule has 1 aliphatic rings. The number of hydrogen-bond donors (Lipinski definition) is 2. The van der Waals surface area contributed by atoms with E-state index < -0.39 is 5.54 Å². The summed E-state index contributed by atoms with van der Waals surface area (Å²) in [5.74, 6) is -1.01. The van der Waals surface area contributed by atoms with E-state index in [4.69, 9.17) is 5.73 Å². The predicted molar refractivity (Wildman–Crippen MR) is 114 cm³/mol. The molecule has 3 amide bonds. The number of nitrogens with one attached hydrogen (secondary N) is 1. The first kappa shape index (κ1) is 22.6. The fourth-order valence-electron chi connectivity index (χ4n) is 3.42. The lowest BCUT2D eigenvalue weighted by Gasteiger charge is -2.31. The smallest absolute Gasteiger partial charge is 0.261 e. The lowest BCUT2D eigenvalue weighted by Crippen LogP contribution is -2.52. The third kappa shape index (κ3) is 4.33. The fraction of sp³-hybridized carbons (Fsp3) is 0.318. The molecule has 0 radical (unpaired) electrons. The van der Waals surface area contributed by atoms with Crippen LogP contribution in [0.5, 0.6) is 0 Å². The summed E-state index contributed by atoms with van der Waals surface area (Å²) >= 11 is 0. The Morgan fingerprint density at radius 3 is 2.21 bits per heavy atom. The molecule has 0 aliphatic carbocycles. The van der Waals surface area contributed by atoms with Crippen molar-refractivity contribution < 1.29 is 14.4 Å². The number of benzene rings is 2. The Morgan fingerprint density at radius 2 is 1.62 bits per heavy atom. The predicted octanol–water partition coefficient (Wildman–Crippen LogP) is 3.15. The second-order valence-corrected chi connectivity index (χ2v) is 7.09. The van der Waals surface area contributed by atoms with Gasteiger partial charge in [0.2, 0.25) is 0 Å². The normalized spacial score (nSPS) is 13.1. The van der Waals surface area contributed by atoms with Crippen LogP contribution >= 0.6 is 12.4 Å². The highest BCUT2D eigenvalue weighted by Crippen LogP contribution is 2.26. The molecule has 0 fully saturated rings. The lowest BCUT2D eigenvalue weighted by atomic mass is 9.92. The van der Waals surface area contributed by atoms with Crippen molar-refractivity contribution >= 4 is 30.1 Å². The quantitative estimate of drug-likeness (QED) is 0.679. The summed E-state index contributed by atoms with van der Waals surface area (Å²) in [4.78, 5) is 39.4. The minimum absolute atomic E-state index is 0. The summed E-state index contributed by atoms with van der Waals surface area (Å²) in [7, 11) is 0. The van der Waals surface area contributed by atoms with Crippen LogP contribution < -0.4 is 11.1 Å². The van der Waals surface area contributed by atoms with Crippen LogP contribution in [0.4, 0.5) is 0 Å². The third-order valence-electron chi connectivity index (χ3n) is 5.54. The first-order valence-corrected chi connectivity index (χ1v) is 9.51. The van der Waals surface area contributed by atoms with Crippen LogP contribution in [0.25, 0.3) is 0 Å². The summed E-state index contributed by atoms with van der Waals surface area (Å²) in [6.45, 7) is 4.49. The van der Waals surface area contributed by atoms with Gasteiger partial charge in [0, 0.05) is 12.1 Å². The van der Waals surface area contributed by atoms with Gasteiger partial charge < -0.3 is 11.1 Å². The molecule has 2 aromatic rings. The minimum atomic E-state index is -0.477. The first-order valence-electron chi connectivity index (χ1n) is 9.51. The zero-order chi connectivity index (χ0) is 20.3. The monoisotopic (exact) mass is 415 g/mol. The van der Waals surface area contributed by atoms with Crippen LogP contribution in [0.15, 0.2) is 48.5 Å². The molecule has 6 nitrogen and oxygen atoms in total. The molecule has 154 valence electrons. The van der Waals surface area contributed by atoms with E-state index in [2.05, 4.69) is 5.32 Å². The van der Waals surface area contributed by atoms with Crippen LogP contribution in [0, 0.1) is 0 Å². The highest BCUT2D eigenvalue weighted by atomic mass is 35.5. The van der Waals surface area contributed by atoms with Crippen molar-refractivity contribution in [1.82, 2.24) is 10.2 Å². The molecule has 1 heterocycles. The molecule has 0 spiro atoms. The standard InChI is InChI=1S/C22H25N3O3.ClH/c1-3-22(4-2,14-23)24-19(26)16-10-11-17-18(12-16)21(28)25(20(17)27)13-15-8-6-5-7-9-15;/h5-12H,3-4,13-14,23H2,1-2H3,(H,24,26);1H. The van der Waals surface area contributed by atoms with E-state index in [0.717, 1.165) is 5.56 Å². The number of imide groups is 1. The molecule has 0 saturated carbocycles. The van der Waals surface area contributed by atoms with E-state index in [-0.39, 0.29) is 42.2 Å². The Morgan fingerprint density at radius 1 is 1.00 bits per heavy atom. The van der Waals surface area contributed by atoms with Crippen molar-refractivity contribution in [3.63, 3.8) is 0 Å². The largest absolute Gasteiger partial charge is 0.345 e. The van der Waals surface area contributed by atoms with Gasteiger partial charge in [-0.25, -0.2) is 0 Å². The van der Waals surface area contributed by atoms with E-state index >= 15 is 0 Å². The number of halogens is 1. The zero-order valence-corrected chi connectivity index (χ0v) is 17.4. The highest BCUT2D eigenvalue weighted by Gasteiger charge is 2.36. The molecule has 2 aromatic carbocycles. The maximum atomic E-state index is 12.8. The Labute approximate surface area is 176 Å². The van der Waals surface area contributed by atoms with Gasteiger partial charge in [-0.05, 0) is 36.6 Å². The number of nitrogens with two attached hydrogens (primary N) is 1. The fourth-order valence-corrected chi connectivity index (χ4v) is 3.42. The lowest BCUT2D eigenvalue weighted by molar-refractivity contribution is 0.0642. The Kier molecular flexibility index (Phi) is 7.16. The van der Waals surface area contributed by atoms with E-state index in [9.17, 15) is 14.4 Å². The molecule has 0 unspecified atom stereocenters. The number of carbonyl (C=O) groups excluding carboxylic acids is 3. The molecular weight excluding hydrogens is 390 g/mol. The van der Waals surface area contributed by atoms with Crippen LogP contribution in [0.3, 0.4) is 0 Å². The van der Waals surface area contributed by atoms with E-state index in [0.29, 0.717) is 30.5 Å². The van der Waals surface area contributed by atoms with Crippen LogP contribution in [-0.2, 0) is 6.54 Å². The molecule has 7 heteroatoms. The molecule has 3 N–H and O–H groups in total. The summed E-state index contributed by atoms with van der Waals surface area (Å²) in [5, 5.41) is 2.99. The SMILES string of the molecule is CCC(CC)(CN)NC(=O)c1ccc2c(c1)C(=O)N(Cc1ccccc1)C2=O.Cl. The average molecular weight is 416 g/mol. The summed E-state index contributed by atoms with van der Waals surface area (Å²) in [5.41, 5.74) is 7.19. The molecular formula is C22H26ClN3O3. The highest BCUT2D eigenvalue weighted by molar-refractivity contribution is 6.22. The molecule has 0 aromatic heterocycles. The number of fused-ring (bicyclic) bond motifs is 1. The van der Waals surface area contributed by atoms with E-state index in [1.165, 1.54) is 11.0 Å². The van der Waals surface area contributed by atoms with E-state index in [1.807, 2.05) is 44.2 Å². The van der Waals surface area contributed by atoms with Gasteiger partial charge in [0.05, 0.1) is 23.2 Å². The summed E-state index contributed by atoms with van der Waals surface area (Å²) in [6.07, 6.45) is 1.41.